The van der Waals surface area contributed by atoms with E-state index in [0.29, 0.717) is 5.02 Å². The predicted molar refractivity (Wildman–Crippen MR) is 75.2 cm³/mol. The maximum atomic E-state index is 12.5. The van der Waals surface area contributed by atoms with E-state index >= 15 is 0 Å². The van der Waals surface area contributed by atoms with Gasteiger partial charge in [0, 0.05) is 11.4 Å². The van der Waals surface area contributed by atoms with Gasteiger partial charge in [0.2, 0.25) is 0 Å². The minimum Gasteiger partial charge on any atom is -0.410 e. The van der Waals surface area contributed by atoms with Crippen LogP contribution in [0, 0.1) is 0 Å². The van der Waals surface area contributed by atoms with Crippen LogP contribution in [-0.2, 0) is 20.0 Å². The zero-order chi connectivity index (χ0) is 14.3. The van der Waals surface area contributed by atoms with Crippen molar-refractivity contribution in [3.63, 3.8) is 0 Å². The Hall–Kier alpha value is -0.870. The Balaban J connectivity index is 2.93. The van der Waals surface area contributed by atoms with E-state index in [1.54, 1.807) is 38.1 Å². The molecule has 19 heavy (non-hydrogen) atoms. The SMILES string of the molecule is CCOP(=O)(OCC)/C(Cc1ccc(Cl)cc1)=N\O. The van der Waals surface area contributed by atoms with Crippen molar-refractivity contribution in [2.75, 3.05) is 13.2 Å². The van der Waals surface area contributed by atoms with Crippen molar-refractivity contribution in [3.05, 3.63) is 34.9 Å². The van der Waals surface area contributed by atoms with E-state index in [2.05, 4.69) is 5.16 Å². The van der Waals surface area contributed by atoms with Crippen LogP contribution < -0.4 is 0 Å². The predicted octanol–water partition coefficient (Wildman–Crippen LogP) is 3.94. The van der Waals surface area contributed by atoms with Gasteiger partial charge in [0.15, 0.2) is 5.45 Å². The lowest BCUT2D eigenvalue weighted by atomic mass is 10.2. The fourth-order valence-corrected chi connectivity index (χ4v) is 3.16. The van der Waals surface area contributed by atoms with Crippen LogP contribution in [-0.4, -0.2) is 23.9 Å². The first-order chi connectivity index (χ1) is 9.05. The average Bonchev–Trinajstić information content (AvgIpc) is 2.38. The van der Waals surface area contributed by atoms with E-state index in [-0.39, 0.29) is 25.1 Å². The van der Waals surface area contributed by atoms with Gasteiger partial charge in [0.05, 0.1) is 13.2 Å². The van der Waals surface area contributed by atoms with Crippen LogP contribution in [0.5, 0.6) is 0 Å². The van der Waals surface area contributed by atoms with E-state index in [1.165, 1.54) is 0 Å². The highest BCUT2D eigenvalue weighted by Crippen LogP contribution is 2.50. The van der Waals surface area contributed by atoms with Gasteiger partial charge in [-0.05, 0) is 31.5 Å². The number of oxime groups is 1. The van der Waals surface area contributed by atoms with Gasteiger partial charge in [-0.3, -0.25) is 4.57 Å². The van der Waals surface area contributed by atoms with Gasteiger partial charge in [-0.15, -0.1) is 0 Å². The van der Waals surface area contributed by atoms with Crippen molar-refractivity contribution in [2.45, 2.75) is 20.3 Å². The third-order valence-electron chi connectivity index (χ3n) is 2.31. The van der Waals surface area contributed by atoms with Crippen LogP contribution in [0.2, 0.25) is 5.02 Å². The van der Waals surface area contributed by atoms with E-state index in [0.717, 1.165) is 5.56 Å². The number of rotatable bonds is 7. The van der Waals surface area contributed by atoms with Gasteiger partial charge in [-0.2, -0.15) is 0 Å². The second-order valence-electron chi connectivity index (χ2n) is 3.65. The molecule has 1 aromatic rings. The summed E-state index contributed by atoms with van der Waals surface area (Å²) >= 11 is 5.79. The minimum absolute atomic E-state index is 0.0153. The molecule has 106 valence electrons. The van der Waals surface area contributed by atoms with Gasteiger partial charge in [-0.1, -0.05) is 28.9 Å². The zero-order valence-corrected chi connectivity index (χ0v) is 12.5. The van der Waals surface area contributed by atoms with Crippen LogP contribution in [0.3, 0.4) is 0 Å². The fourth-order valence-electron chi connectivity index (χ4n) is 1.50. The fraction of sp³-hybridized carbons (Fsp3) is 0.417. The van der Waals surface area contributed by atoms with Crippen LogP contribution in [0.25, 0.3) is 0 Å². The topological polar surface area (TPSA) is 68.1 Å². The Labute approximate surface area is 117 Å². The molecule has 7 heteroatoms. The third kappa shape index (κ3) is 4.62. The largest absolute Gasteiger partial charge is 0.410 e. The number of hydrogen-bond acceptors (Lipinski definition) is 5. The smallest absolute Gasteiger partial charge is 0.379 e. The van der Waals surface area contributed by atoms with Gasteiger partial charge in [0.25, 0.3) is 0 Å². The number of halogens is 1. The summed E-state index contributed by atoms with van der Waals surface area (Å²) < 4.78 is 22.7. The van der Waals surface area contributed by atoms with E-state index < -0.39 is 7.60 Å². The minimum atomic E-state index is -3.54. The van der Waals surface area contributed by atoms with Crippen molar-refractivity contribution < 1.29 is 18.8 Å². The molecule has 0 aromatic heterocycles. The Morgan fingerprint density at radius 1 is 1.26 bits per heavy atom. The number of hydrogen-bond donors (Lipinski definition) is 1. The molecule has 0 unspecified atom stereocenters. The molecule has 0 amide bonds. The van der Waals surface area contributed by atoms with Crippen LogP contribution >= 0.6 is 19.2 Å². The van der Waals surface area contributed by atoms with Crippen molar-refractivity contribution in [3.8, 4) is 0 Å². The lowest BCUT2D eigenvalue weighted by Crippen LogP contribution is -2.10. The molecular formula is C12H17ClNO4P. The molecule has 0 bridgehead atoms. The summed E-state index contributed by atoms with van der Waals surface area (Å²) in [7, 11) is -3.54. The summed E-state index contributed by atoms with van der Waals surface area (Å²) in [5, 5.41) is 12.7. The second-order valence-corrected chi connectivity index (χ2v) is 6.12. The molecule has 0 atom stereocenters. The van der Waals surface area contributed by atoms with E-state index in [4.69, 9.17) is 25.9 Å². The molecular weight excluding hydrogens is 289 g/mol. The Kier molecular flexibility index (Phi) is 6.52. The molecule has 1 rings (SSSR count). The molecule has 0 aliphatic carbocycles. The normalized spacial score (nSPS) is 12.7. The van der Waals surface area contributed by atoms with Crippen molar-refractivity contribution >= 4 is 24.6 Å². The van der Waals surface area contributed by atoms with Crippen LogP contribution in [0.4, 0.5) is 0 Å². The summed E-state index contributed by atoms with van der Waals surface area (Å²) in [6.07, 6.45) is 0.172. The van der Waals surface area contributed by atoms with E-state index in [9.17, 15) is 4.57 Å². The van der Waals surface area contributed by atoms with Crippen LogP contribution in [0.1, 0.15) is 19.4 Å². The highest BCUT2D eigenvalue weighted by molar-refractivity contribution is 7.72. The maximum Gasteiger partial charge on any atom is 0.379 e. The summed E-state index contributed by atoms with van der Waals surface area (Å²) in [6.45, 7) is 3.81. The van der Waals surface area contributed by atoms with Gasteiger partial charge in [-0.25, -0.2) is 0 Å². The van der Waals surface area contributed by atoms with Crippen molar-refractivity contribution in [2.24, 2.45) is 5.16 Å². The molecule has 0 aliphatic heterocycles. The van der Waals surface area contributed by atoms with Gasteiger partial charge < -0.3 is 14.3 Å². The number of benzene rings is 1. The van der Waals surface area contributed by atoms with Crippen molar-refractivity contribution in [1.29, 1.82) is 0 Å². The molecule has 1 N–H and O–H groups in total. The molecule has 0 aliphatic rings. The van der Waals surface area contributed by atoms with Crippen LogP contribution in [0.15, 0.2) is 29.4 Å². The first-order valence-electron chi connectivity index (χ1n) is 5.90. The standard InChI is InChI=1S/C12H17ClNO4P/c1-3-17-19(16,18-4-2)12(14-15)9-10-5-7-11(13)8-6-10/h5-8,15H,3-4,9H2,1-2H3/b14-12-. The summed E-state index contributed by atoms with van der Waals surface area (Å²) in [6, 6.07) is 6.93. The molecule has 0 spiro atoms. The lowest BCUT2D eigenvalue weighted by molar-refractivity contribution is 0.229. The van der Waals surface area contributed by atoms with Gasteiger partial charge >= 0.3 is 7.60 Å². The molecule has 0 radical (unpaired) electrons. The maximum absolute atomic E-state index is 12.5. The molecule has 0 fully saturated rings. The zero-order valence-electron chi connectivity index (χ0n) is 10.9. The first kappa shape index (κ1) is 16.2. The monoisotopic (exact) mass is 305 g/mol. The van der Waals surface area contributed by atoms with E-state index in [1.807, 2.05) is 0 Å². The molecule has 0 saturated heterocycles. The second kappa shape index (κ2) is 7.65. The molecule has 0 heterocycles. The Morgan fingerprint density at radius 3 is 2.21 bits per heavy atom. The molecule has 5 nitrogen and oxygen atoms in total. The molecule has 1 aromatic carbocycles. The summed E-state index contributed by atoms with van der Waals surface area (Å²) in [5.74, 6) is 0. The average molecular weight is 306 g/mol. The first-order valence-corrected chi connectivity index (χ1v) is 7.82. The highest BCUT2D eigenvalue weighted by Gasteiger charge is 2.32. The number of nitrogens with zero attached hydrogens (tertiary/aromatic N) is 1. The Bertz CT molecular complexity index is 465. The van der Waals surface area contributed by atoms with Crippen molar-refractivity contribution in [1.82, 2.24) is 0 Å². The molecule has 0 saturated carbocycles. The summed E-state index contributed by atoms with van der Waals surface area (Å²) in [5.41, 5.74) is 0.787. The Morgan fingerprint density at radius 2 is 1.79 bits per heavy atom. The van der Waals surface area contributed by atoms with Gasteiger partial charge in [0.1, 0.15) is 0 Å². The third-order valence-corrected chi connectivity index (χ3v) is 4.63. The quantitative estimate of drug-likeness (QED) is 0.358. The lowest BCUT2D eigenvalue weighted by Gasteiger charge is -2.17. The highest BCUT2D eigenvalue weighted by atomic mass is 35.5. The summed E-state index contributed by atoms with van der Waals surface area (Å²) in [4.78, 5) is 0.